The number of nitrogens with one attached hydrogen (secondary N) is 3. The molecule has 0 radical (unpaired) electrons. The molecular formula is C35H48ClN9O4. The number of morpholine rings is 1. The van der Waals surface area contributed by atoms with E-state index in [2.05, 4.69) is 35.2 Å². The molecule has 2 unspecified atom stereocenters. The van der Waals surface area contributed by atoms with Crippen LogP contribution in [0.1, 0.15) is 64.8 Å². The number of benzene rings is 1. The van der Waals surface area contributed by atoms with Gasteiger partial charge in [0.2, 0.25) is 5.95 Å². The van der Waals surface area contributed by atoms with Gasteiger partial charge in [0.05, 0.1) is 49.5 Å². The lowest BCUT2D eigenvalue weighted by atomic mass is 9.89. The molecule has 2 bridgehead atoms. The second kappa shape index (κ2) is 16.8. The molecule has 4 heterocycles. The molecule has 49 heavy (non-hydrogen) atoms. The van der Waals surface area contributed by atoms with Crippen molar-refractivity contribution in [1.82, 2.24) is 30.0 Å². The molecule has 2 saturated heterocycles. The summed E-state index contributed by atoms with van der Waals surface area (Å²) in [6, 6.07) is 7.71. The van der Waals surface area contributed by atoms with Crippen LogP contribution in [-0.2, 0) is 9.47 Å². The van der Waals surface area contributed by atoms with Gasteiger partial charge in [0.25, 0.3) is 5.88 Å². The third-order valence-corrected chi connectivity index (χ3v) is 9.95. The van der Waals surface area contributed by atoms with Gasteiger partial charge in [0.1, 0.15) is 23.9 Å². The Hall–Kier alpha value is -3.78. The van der Waals surface area contributed by atoms with Crippen molar-refractivity contribution in [2.45, 2.75) is 95.2 Å². The van der Waals surface area contributed by atoms with Crippen molar-refractivity contribution in [2.24, 2.45) is 4.99 Å². The number of methoxy groups -OCH3 is 1. The fourth-order valence-electron chi connectivity index (χ4n) is 7.15. The van der Waals surface area contributed by atoms with Crippen molar-refractivity contribution >= 4 is 35.9 Å². The van der Waals surface area contributed by atoms with E-state index < -0.39 is 0 Å². The Morgan fingerprint density at radius 2 is 1.71 bits per heavy atom. The average molecular weight is 694 g/mol. The van der Waals surface area contributed by atoms with Gasteiger partial charge in [-0.15, -0.1) is 5.10 Å². The summed E-state index contributed by atoms with van der Waals surface area (Å²) in [6.45, 7) is 6.83. The molecular weight excluding hydrogens is 646 g/mol. The highest BCUT2D eigenvalue weighted by Crippen LogP contribution is 2.40. The lowest BCUT2D eigenvalue weighted by Gasteiger charge is -2.43. The molecule has 3 fully saturated rings. The predicted molar refractivity (Wildman–Crippen MR) is 191 cm³/mol. The molecule has 2 aromatic heterocycles. The van der Waals surface area contributed by atoms with Crippen molar-refractivity contribution in [3.05, 3.63) is 41.8 Å². The summed E-state index contributed by atoms with van der Waals surface area (Å²) in [5, 5.41) is 18.8. The molecule has 1 saturated carbocycles. The molecule has 3 aromatic rings. The number of halogens is 1. The number of hydrogen-bond acceptors (Lipinski definition) is 10. The van der Waals surface area contributed by atoms with E-state index in [9.17, 15) is 0 Å². The first-order chi connectivity index (χ1) is 23.9. The second-order valence-corrected chi connectivity index (χ2v) is 13.6. The third kappa shape index (κ3) is 8.88. The van der Waals surface area contributed by atoms with Gasteiger partial charge in [-0.1, -0.05) is 17.7 Å². The first-order valence-corrected chi connectivity index (χ1v) is 17.7. The van der Waals surface area contributed by atoms with Crippen LogP contribution in [0.15, 0.2) is 41.8 Å². The molecule has 1 aliphatic carbocycles. The van der Waals surface area contributed by atoms with Crippen LogP contribution in [0.3, 0.4) is 0 Å². The highest BCUT2D eigenvalue weighted by atomic mass is 35.5. The Morgan fingerprint density at radius 1 is 1.00 bits per heavy atom. The minimum atomic E-state index is -0.183. The van der Waals surface area contributed by atoms with Crippen LogP contribution < -0.4 is 20.1 Å². The summed E-state index contributed by atoms with van der Waals surface area (Å²) >= 11 is 6.44. The molecule has 264 valence electrons. The maximum absolute atomic E-state index is 6.97. The van der Waals surface area contributed by atoms with E-state index in [-0.39, 0.29) is 12.2 Å². The third-order valence-electron chi connectivity index (χ3n) is 9.63. The predicted octanol–water partition coefficient (Wildman–Crippen LogP) is 5.88. The highest BCUT2D eigenvalue weighted by Gasteiger charge is 2.42. The number of aromatic nitrogens is 4. The minimum absolute atomic E-state index is 0.0747. The van der Waals surface area contributed by atoms with Crippen LogP contribution in [0, 0.1) is 5.41 Å². The Morgan fingerprint density at radius 3 is 2.43 bits per heavy atom. The summed E-state index contributed by atoms with van der Waals surface area (Å²) in [7, 11) is 1.70. The van der Waals surface area contributed by atoms with E-state index in [0.717, 1.165) is 55.6 Å². The summed E-state index contributed by atoms with van der Waals surface area (Å²) in [6.07, 6.45) is 15.5. The van der Waals surface area contributed by atoms with Crippen LogP contribution >= 0.6 is 11.6 Å². The summed E-state index contributed by atoms with van der Waals surface area (Å²) in [4.78, 5) is 15.7. The molecule has 6 rings (SSSR count). The van der Waals surface area contributed by atoms with Gasteiger partial charge >= 0.3 is 0 Å². The number of ether oxygens (including phenoxy) is 4. The van der Waals surface area contributed by atoms with Crippen LogP contribution in [0.4, 0.5) is 11.6 Å². The molecule has 0 spiro atoms. The Labute approximate surface area is 293 Å². The maximum Gasteiger partial charge on any atom is 0.257 e. The number of fused-ring (bicyclic) bond motifs is 2. The molecule has 1 aromatic carbocycles. The molecule has 2 aliphatic heterocycles. The Kier molecular flexibility index (Phi) is 12.0. The topological polar surface area (TPSA) is 144 Å². The Balaban J connectivity index is 1.12. The van der Waals surface area contributed by atoms with Crippen molar-refractivity contribution < 1.29 is 18.9 Å². The van der Waals surface area contributed by atoms with Crippen molar-refractivity contribution in [3.63, 3.8) is 0 Å². The van der Waals surface area contributed by atoms with Gasteiger partial charge in [0, 0.05) is 56.2 Å². The fraction of sp³-hybridized carbons (Fsp3) is 0.571. The lowest BCUT2D eigenvalue weighted by molar-refractivity contribution is -0.0458. The standard InChI is InChI=1S/C35H48ClN9O4/c1-23(12-13-46-3)49-34-32(18-44(43-34)27-5-7-28(8-6-27)45-29-9-10-30(45)20-47-19-29)42-35-40-16-26(17-41-35)25-4-11-31(36)33(14-25)48-24(2)15-38-22-39-21-37/h4,11,14,16-18,21-24,27-30H,5-10,12-13,15,19-20H2,1-3H3,(H2,37,38,39)(H,40,41,42)/t23?,24-,27-,28-,29-,30?/m0/s1. The molecule has 4 atom stereocenters. The summed E-state index contributed by atoms with van der Waals surface area (Å²) in [5.41, 5.74) is 2.43. The second-order valence-electron chi connectivity index (χ2n) is 13.2. The zero-order valence-electron chi connectivity index (χ0n) is 28.6. The van der Waals surface area contributed by atoms with E-state index in [0.29, 0.717) is 59.9 Å². The zero-order chi connectivity index (χ0) is 34.2. The van der Waals surface area contributed by atoms with Gasteiger partial charge < -0.3 is 29.6 Å². The van der Waals surface area contributed by atoms with Crippen LogP contribution in [-0.4, -0.2) is 101 Å². The van der Waals surface area contributed by atoms with Crippen molar-refractivity contribution in [2.75, 3.05) is 38.8 Å². The first kappa shape index (κ1) is 35.1. The quantitative estimate of drug-likeness (QED) is 0.123. The van der Waals surface area contributed by atoms with Crippen molar-refractivity contribution in [3.8, 4) is 22.8 Å². The van der Waals surface area contributed by atoms with E-state index in [1.165, 1.54) is 32.0 Å². The number of rotatable bonds is 16. The number of aliphatic imine (C=N–C) groups is 1. The average Bonchev–Trinajstić information content (AvgIpc) is 3.62. The van der Waals surface area contributed by atoms with Crippen LogP contribution in [0.25, 0.3) is 11.1 Å². The van der Waals surface area contributed by atoms with Gasteiger partial charge in [-0.2, -0.15) is 0 Å². The molecule has 3 N–H and O–H groups in total. The van der Waals surface area contributed by atoms with Crippen LogP contribution in [0.2, 0.25) is 5.02 Å². The highest BCUT2D eigenvalue weighted by molar-refractivity contribution is 6.32. The number of anilines is 2. The van der Waals surface area contributed by atoms with E-state index in [1.807, 2.05) is 32.2 Å². The van der Waals surface area contributed by atoms with E-state index in [1.54, 1.807) is 25.6 Å². The Bertz CT molecular complexity index is 1530. The molecule has 3 aliphatic rings. The first-order valence-electron chi connectivity index (χ1n) is 17.3. The van der Waals surface area contributed by atoms with Gasteiger partial charge in [-0.25, -0.2) is 15.0 Å². The minimum Gasteiger partial charge on any atom is -0.487 e. The maximum atomic E-state index is 6.97. The fourth-order valence-corrected chi connectivity index (χ4v) is 7.31. The van der Waals surface area contributed by atoms with E-state index >= 15 is 0 Å². The van der Waals surface area contributed by atoms with Gasteiger partial charge in [-0.3, -0.25) is 15.0 Å². The summed E-state index contributed by atoms with van der Waals surface area (Å²) in [5.74, 6) is 1.54. The van der Waals surface area contributed by atoms with Gasteiger partial charge in [-0.05, 0) is 70.1 Å². The molecule has 14 heteroatoms. The monoisotopic (exact) mass is 693 g/mol. The zero-order valence-corrected chi connectivity index (χ0v) is 29.3. The number of hydrogen-bond donors (Lipinski definition) is 3. The smallest absolute Gasteiger partial charge is 0.257 e. The molecule has 13 nitrogen and oxygen atoms in total. The van der Waals surface area contributed by atoms with Crippen LogP contribution in [0.5, 0.6) is 11.6 Å². The lowest BCUT2D eigenvalue weighted by Crippen LogP contribution is -2.52. The van der Waals surface area contributed by atoms with Crippen molar-refractivity contribution in [1.29, 1.82) is 5.41 Å². The summed E-state index contributed by atoms with van der Waals surface area (Å²) < 4.78 is 25.6. The number of nitrogens with zero attached hydrogens (tertiary/aromatic N) is 6. The SMILES string of the molecule is COCCC(C)Oc1nn([C@H]2CC[C@H](N3C4CC[C@H]3COC4)CC2)cc1Nc1ncc(-c2ccc(Cl)c(O[C@@H](C)CN/C=N\C=N)c2)cn1. The van der Waals surface area contributed by atoms with Gasteiger partial charge in [0.15, 0.2) is 0 Å². The largest absolute Gasteiger partial charge is 0.487 e. The normalized spacial score (nSPS) is 23.7. The molecule has 0 amide bonds. The van der Waals surface area contributed by atoms with E-state index in [4.69, 9.17) is 41.1 Å².